The van der Waals surface area contributed by atoms with Crippen molar-refractivity contribution in [3.63, 3.8) is 0 Å². The quantitative estimate of drug-likeness (QED) is 0.902. The third-order valence-corrected chi connectivity index (χ3v) is 4.19. The first-order valence-electron chi connectivity index (χ1n) is 7.78. The Morgan fingerprint density at radius 3 is 2.71 bits per heavy atom. The molecule has 0 unspecified atom stereocenters. The zero-order valence-electron chi connectivity index (χ0n) is 12.8. The second kappa shape index (κ2) is 6.27. The smallest absolute Gasteiger partial charge is 0.135 e. The summed E-state index contributed by atoms with van der Waals surface area (Å²) in [4.78, 5) is 7.15. The maximum atomic E-state index is 4.57. The van der Waals surface area contributed by atoms with Crippen molar-refractivity contribution >= 4 is 11.5 Å². The molecule has 2 heterocycles. The standard InChI is InChI=1S/C18H23N3/c1-14(2)21-13-7-11-17(21)16-10-6-12-19-18(16)20-15-8-4-3-5-9-15/h3-6,8-10,12,14,17H,7,11,13H2,1-2H3,(H,19,20)/t17-/m0/s1. The zero-order chi connectivity index (χ0) is 14.7. The minimum Gasteiger partial charge on any atom is -0.340 e. The van der Waals surface area contributed by atoms with Crippen LogP contribution in [-0.4, -0.2) is 22.5 Å². The predicted octanol–water partition coefficient (Wildman–Crippen LogP) is 4.37. The number of likely N-dealkylation sites (tertiary alicyclic amines) is 1. The van der Waals surface area contributed by atoms with Crippen LogP contribution in [-0.2, 0) is 0 Å². The van der Waals surface area contributed by atoms with E-state index in [0.29, 0.717) is 12.1 Å². The topological polar surface area (TPSA) is 28.2 Å². The number of pyridine rings is 1. The van der Waals surface area contributed by atoms with Crippen molar-refractivity contribution in [3.8, 4) is 0 Å². The van der Waals surface area contributed by atoms with Crippen LogP contribution in [0.25, 0.3) is 0 Å². The molecule has 21 heavy (non-hydrogen) atoms. The molecule has 3 heteroatoms. The predicted molar refractivity (Wildman–Crippen MR) is 87.8 cm³/mol. The summed E-state index contributed by atoms with van der Waals surface area (Å²) in [6, 6.07) is 15.6. The Balaban J connectivity index is 1.89. The van der Waals surface area contributed by atoms with Gasteiger partial charge in [-0.3, -0.25) is 4.90 Å². The van der Waals surface area contributed by atoms with E-state index in [1.807, 2.05) is 30.5 Å². The number of anilines is 2. The average molecular weight is 281 g/mol. The lowest BCUT2D eigenvalue weighted by atomic mass is 10.0. The second-order valence-electron chi connectivity index (χ2n) is 5.92. The van der Waals surface area contributed by atoms with Gasteiger partial charge in [-0.05, 0) is 51.4 Å². The van der Waals surface area contributed by atoms with Gasteiger partial charge in [-0.25, -0.2) is 4.98 Å². The van der Waals surface area contributed by atoms with Gasteiger partial charge in [0.1, 0.15) is 5.82 Å². The summed E-state index contributed by atoms with van der Waals surface area (Å²) in [5.41, 5.74) is 2.40. The van der Waals surface area contributed by atoms with Crippen LogP contribution in [0.1, 0.15) is 38.3 Å². The average Bonchev–Trinajstić information content (AvgIpc) is 2.98. The molecule has 1 atom stereocenters. The molecular formula is C18H23N3. The van der Waals surface area contributed by atoms with Crippen LogP contribution in [0.15, 0.2) is 48.7 Å². The number of rotatable bonds is 4. The molecule has 0 spiro atoms. The van der Waals surface area contributed by atoms with Crippen molar-refractivity contribution in [2.45, 2.75) is 38.8 Å². The van der Waals surface area contributed by atoms with Crippen LogP contribution in [0.3, 0.4) is 0 Å². The lowest BCUT2D eigenvalue weighted by molar-refractivity contribution is 0.206. The maximum Gasteiger partial charge on any atom is 0.135 e. The molecule has 110 valence electrons. The highest BCUT2D eigenvalue weighted by molar-refractivity contribution is 5.59. The second-order valence-corrected chi connectivity index (χ2v) is 5.92. The van der Waals surface area contributed by atoms with Crippen molar-refractivity contribution in [1.29, 1.82) is 0 Å². The normalized spacial score (nSPS) is 19.1. The lowest BCUT2D eigenvalue weighted by Gasteiger charge is -2.29. The van der Waals surface area contributed by atoms with E-state index in [0.717, 1.165) is 11.5 Å². The number of hydrogen-bond acceptors (Lipinski definition) is 3. The minimum atomic E-state index is 0.477. The summed E-state index contributed by atoms with van der Waals surface area (Å²) in [7, 11) is 0. The van der Waals surface area contributed by atoms with Crippen molar-refractivity contribution in [3.05, 3.63) is 54.2 Å². The van der Waals surface area contributed by atoms with Gasteiger partial charge in [0.05, 0.1) is 0 Å². The van der Waals surface area contributed by atoms with E-state index in [-0.39, 0.29) is 0 Å². The van der Waals surface area contributed by atoms with Crippen molar-refractivity contribution in [2.24, 2.45) is 0 Å². The first kappa shape index (κ1) is 14.1. The molecule has 3 nitrogen and oxygen atoms in total. The van der Waals surface area contributed by atoms with Crippen LogP contribution in [0.2, 0.25) is 0 Å². The third-order valence-electron chi connectivity index (χ3n) is 4.19. The number of hydrogen-bond donors (Lipinski definition) is 1. The van der Waals surface area contributed by atoms with Crippen LogP contribution in [0, 0.1) is 0 Å². The Bertz CT molecular complexity index is 580. The molecule has 0 radical (unpaired) electrons. The van der Waals surface area contributed by atoms with E-state index in [2.05, 4.69) is 47.2 Å². The molecule has 2 aromatic rings. The largest absolute Gasteiger partial charge is 0.340 e. The SMILES string of the molecule is CC(C)N1CCC[C@H]1c1cccnc1Nc1ccccc1. The molecule has 1 aliphatic rings. The number of benzene rings is 1. The molecule has 3 rings (SSSR count). The zero-order valence-corrected chi connectivity index (χ0v) is 12.8. The highest BCUT2D eigenvalue weighted by Crippen LogP contribution is 2.37. The van der Waals surface area contributed by atoms with E-state index in [1.165, 1.54) is 24.9 Å². The molecule has 0 aliphatic carbocycles. The number of para-hydroxylation sites is 1. The molecule has 1 saturated heterocycles. The fourth-order valence-electron chi connectivity index (χ4n) is 3.19. The van der Waals surface area contributed by atoms with Gasteiger partial charge in [0.2, 0.25) is 0 Å². The van der Waals surface area contributed by atoms with Crippen molar-refractivity contribution in [1.82, 2.24) is 9.88 Å². The van der Waals surface area contributed by atoms with Crippen LogP contribution in [0.5, 0.6) is 0 Å². The van der Waals surface area contributed by atoms with Gasteiger partial charge in [0.15, 0.2) is 0 Å². The Hall–Kier alpha value is -1.87. The minimum absolute atomic E-state index is 0.477. The Morgan fingerprint density at radius 1 is 1.14 bits per heavy atom. The van der Waals surface area contributed by atoms with Crippen LogP contribution >= 0.6 is 0 Å². The molecule has 0 saturated carbocycles. The molecule has 1 aliphatic heterocycles. The van der Waals surface area contributed by atoms with E-state index < -0.39 is 0 Å². The Morgan fingerprint density at radius 2 is 1.95 bits per heavy atom. The number of nitrogens with one attached hydrogen (secondary N) is 1. The highest BCUT2D eigenvalue weighted by atomic mass is 15.2. The van der Waals surface area contributed by atoms with Gasteiger partial charge in [0.25, 0.3) is 0 Å². The molecular weight excluding hydrogens is 258 g/mol. The van der Waals surface area contributed by atoms with Gasteiger partial charge >= 0.3 is 0 Å². The fourth-order valence-corrected chi connectivity index (χ4v) is 3.19. The van der Waals surface area contributed by atoms with E-state index in [4.69, 9.17) is 0 Å². The first-order chi connectivity index (χ1) is 10.3. The van der Waals surface area contributed by atoms with E-state index in [1.54, 1.807) is 0 Å². The highest BCUT2D eigenvalue weighted by Gasteiger charge is 2.29. The van der Waals surface area contributed by atoms with Crippen molar-refractivity contribution < 1.29 is 0 Å². The van der Waals surface area contributed by atoms with Gasteiger partial charge < -0.3 is 5.32 Å². The number of nitrogens with zero attached hydrogens (tertiary/aromatic N) is 2. The fraction of sp³-hybridized carbons (Fsp3) is 0.389. The van der Waals surface area contributed by atoms with Gasteiger partial charge in [-0.2, -0.15) is 0 Å². The maximum absolute atomic E-state index is 4.57. The van der Waals surface area contributed by atoms with Gasteiger partial charge in [0, 0.05) is 29.5 Å². The van der Waals surface area contributed by atoms with E-state index in [9.17, 15) is 0 Å². The Kier molecular flexibility index (Phi) is 4.20. The molecule has 1 N–H and O–H groups in total. The van der Waals surface area contributed by atoms with Crippen LogP contribution in [0.4, 0.5) is 11.5 Å². The molecule has 1 aromatic carbocycles. The van der Waals surface area contributed by atoms with Crippen LogP contribution < -0.4 is 5.32 Å². The third kappa shape index (κ3) is 3.08. The summed E-state index contributed by atoms with van der Waals surface area (Å²) in [6.07, 6.45) is 4.35. The van der Waals surface area contributed by atoms with E-state index >= 15 is 0 Å². The number of aromatic nitrogens is 1. The summed E-state index contributed by atoms with van der Waals surface area (Å²) in [5, 5.41) is 3.47. The van der Waals surface area contributed by atoms with Gasteiger partial charge in [-0.15, -0.1) is 0 Å². The summed E-state index contributed by atoms with van der Waals surface area (Å²) < 4.78 is 0. The molecule has 1 aromatic heterocycles. The van der Waals surface area contributed by atoms with Gasteiger partial charge in [-0.1, -0.05) is 24.3 Å². The monoisotopic (exact) mass is 281 g/mol. The molecule has 1 fully saturated rings. The van der Waals surface area contributed by atoms with Crippen molar-refractivity contribution in [2.75, 3.05) is 11.9 Å². The molecule has 0 bridgehead atoms. The Labute approximate surface area is 127 Å². The lowest BCUT2D eigenvalue weighted by Crippen LogP contribution is -2.30. The molecule has 0 amide bonds. The summed E-state index contributed by atoms with van der Waals surface area (Å²) in [5.74, 6) is 0.987. The first-order valence-corrected chi connectivity index (χ1v) is 7.78. The summed E-state index contributed by atoms with van der Waals surface area (Å²) in [6.45, 7) is 5.74. The summed E-state index contributed by atoms with van der Waals surface area (Å²) >= 11 is 0.